The highest BCUT2D eigenvalue weighted by atomic mass is 35.5. The standard InChI is InChI=1S/C21H20ClN3O2/c1-27-18-9-6-15(7-10-18)12-25-21(26)17-8-11-20(24-14-17)23-13-16-4-2-3-5-19(16)22/h2-11,14H,12-13H2,1H3,(H,23,24)(H,25,26). The first-order valence-corrected chi connectivity index (χ1v) is 8.88. The average Bonchev–Trinajstić information content (AvgIpc) is 2.72. The van der Waals surface area contributed by atoms with E-state index in [0.29, 0.717) is 29.5 Å². The molecule has 0 aliphatic heterocycles. The first kappa shape index (κ1) is 18.7. The molecule has 1 heterocycles. The number of halogens is 1. The number of carbonyl (C=O) groups is 1. The van der Waals surface area contributed by atoms with Crippen LogP contribution < -0.4 is 15.4 Å². The molecule has 0 bridgehead atoms. The topological polar surface area (TPSA) is 63.2 Å². The molecule has 1 amide bonds. The van der Waals surface area contributed by atoms with Gasteiger partial charge in [0, 0.05) is 24.3 Å². The van der Waals surface area contributed by atoms with Crippen LogP contribution in [0.4, 0.5) is 5.82 Å². The molecule has 0 radical (unpaired) electrons. The van der Waals surface area contributed by atoms with Crippen LogP contribution >= 0.6 is 11.6 Å². The maximum atomic E-state index is 12.3. The molecule has 138 valence electrons. The molecule has 0 atom stereocenters. The van der Waals surface area contributed by atoms with Gasteiger partial charge in [0.15, 0.2) is 0 Å². The summed E-state index contributed by atoms with van der Waals surface area (Å²) < 4.78 is 5.12. The lowest BCUT2D eigenvalue weighted by Crippen LogP contribution is -2.22. The molecule has 1 aromatic heterocycles. The number of benzene rings is 2. The van der Waals surface area contributed by atoms with E-state index in [4.69, 9.17) is 16.3 Å². The van der Waals surface area contributed by atoms with Gasteiger partial charge in [-0.3, -0.25) is 4.79 Å². The predicted molar refractivity (Wildman–Crippen MR) is 107 cm³/mol. The van der Waals surface area contributed by atoms with Gasteiger partial charge in [0.05, 0.1) is 12.7 Å². The maximum Gasteiger partial charge on any atom is 0.253 e. The Balaban J connectivity index is 1.52. The molecule has 0 saturated carbocycles. The minimum Gasteiger partial charge on any atom is -0.497 e. The van der Waals surface area contributed by atoms with E-state index in [0.717, 1.165) is 16.9 Å². The zero-order valence-corrected chi connectivity index (χ0v) is 15.7. The number of aromatic nitrogens is 1. The summed E-state index contributed by atoms with van der Waals surface area (Å²) >= 11 is 6.14. The summed E-state index contributed by atoms with van der Waals surface area (Å²) in [6, 6.07) is 18.7. The van der Waals surface area contributed by atoms with Gasteiger partial charge in [-0.25, -0.2) is 4.98 Å². The summed E-state index contributed by atoms with van der Waals surface area (Å²) in [7, 11) is 1.62. The first-order chi connectivity index (χ1) is 13.2. The smallest absolute Gasteiger partial charge is 0.253 e. The summed E-state index contributed by atoms with van der Waals surface area (Å²) in [5.41, 5.74) is 2.49. The maximum absolute atomic E-state index is 12.3. The van der Waals surface area contributed by atoms with E-state index in [9.17, 15) is 4.79 Å². The van der Waals surface area contributed by atoms with Gasteiger partial charge >= 0.3 is 0 Å². The van der Waals surface area contributed by atoms with Crippen molar-refractivity contribution < 1.29 is 9.53 Å². The van der Waals surface area contributed by atoms with Crippen LogP contribution in [0.15, 0.2) is 66.9 Å². The lowest BCUT2D eigenvalue weighted by Gasteiger charge is -2.09. The zero-order chi connectivity index (χ0) is 19.1. The highest BCUT2D eigenvalue weighted by molar-refractivity contribution is 6.31. The Morgan fingerprint density at radius 3 is 2.48 bits per heavy atom. The average molecular weight is 382 g/mol. The van der Waals surface area contributed by atoms with E-state index < -0.39 is 0 Å². The lowest BCUT2D eigenvalue weighted by molar-refractivity contribution is 0.0950. The van der Waals surface area contributed by atoms with Crippen molar-refractivity contribution in [1.82, 2.24) is 10.3 Å². The number of anilines is 1. The molecule has 0 aliphatic rings. The molecule has 5 nitrogen and oxygen atoms in total. The minimum atomic E-state index is -0.170. The molecule has 6 heteroatoms. The summed E-state index contributed by atoms with van der Waals surface area (Å²) in [5.74, 6) is 1.30. The lowest BCUT2D eigenvalue weighted by atomic mass is 10.2. The minimum absolute atomic E-state index is 0.170. The van der Waals surface area contributed by atoms with Crippen molar-refractivity contribution in [3.63, 3.8) is 0 Å². The van der Waals surface area contributed by atoms with Gasteiger partial charge in [0.25, 0.3) is 5.91 Å². The number of ether oxygens (including phenoxy) is 1. The largest absolute Gasteiger partial charge is 0.497 e. The monoisotopic (exact) mass is 381 g/mol. The molecular weight excluding hydrogens is 362 g/mol. The Morgan fingerprint density at radius 1 is 1.04 bits per heavy atom. The summed E-state index contributed by atoms with van der Waals surface area (Å²) in [6.45, 7) is 1.00. The molecular formula is C21H20ClN3O2. The van der Waals surface area contributed by atoms with Crippen molar-refractivity contribution >= 4 is 23.3 Å². The number of hydrogen-bond donors (Lipinski definition) is 2. The first-order valence-electron chi connectivity index (χ1n) is 8.50. The van der Waals surface area contributed by atoms with Gasteiger partial charge in [0.2, 0.25) is 0 Å². The Labute approximate surface area is 163 Å². The van der Waals surface area contributed by atoms with Crippen LogP contribution in [-0.4, -0.2) is 18.0 Å². The van der Waals surface area contributed by atoms with Crippen molar-refractivity contribution in [2.45, 2.75) is 13.1 Å². The SMILES string of the molecule is COc1ccc(CNC(=O)c2ccc(NCc3ccccc3Cl)nc2)cc1. The van der Waals surface area contributed by atoms with Crippen molar-refractivity contribution in [3.8, 4) is 5.75 Å². The molecule has 2 N–H and O–H groups in total. The number of nitrogens with zero attached hydrogens (tertiary/aromatic N) is 1. The molecule has 3 aromatic rings. The third kappa shape index (κ3) is 5.21. The van der Waals surface area contributed by atoms with Crippen molar-refractivity contribution in [2.24, 2.45) is 0 Å². The van der Waals surface area contributed by atoms with Crippen LogP contribution in [0.1, 0.15) is 21.5 Å². The quantitative estimate of drug-likeness (QED) is 0.641. The van der Waals surface area contributed by atoms with Gasteiger partial charge in [-0.05, 0) is 41.5 Å². The van der Waals surface area contributed by atoms with Crippen LogP contribution in [0.3, 0.4) is 0 Å². The van der Waals surface area contributed by atoms with Gasteiger partial charge in [-0.15, -0.1) is 0 Å². The fourth-order valence-corrected chi connectivity index (χ4v) is 2.69. The highest BCUT2D eigenvalue weighted by Crippen LogP contribution is 2.16. The number of hydrogen-bond acceptors (Lipinski definition) is 4. The van der Waals surface area contributed by atoms with E-state index in [1.807, 2.05) is 48.5 Å². The Bertz CT molecular complexity index is 896. The van der Waals surface area contributed by atoms with Crippen LogP contribution in [0.2, 0.25) is 5.02 Å². The third-order valence-corrected chi connectivity index (χ3v) is 4.42. The van der Waals surface area contributed by atoms with Crippen LogP contribution in [0.25, 0.3) is 0 Å². The molecule has 0 unspecified atom stereocenters. The second kappa shape index (κ2) is 9.05. The van der Waals surface area contributed by atoms with E-state index in [1.54, 1.807) is 25.4 Å². The molecule has 0 aliphatic carbocycles. The Morgan fingerprint density at radius 2 is 1.81 bits per heavy atom. The number of rotatable bonds is 7. The number of methoxy groups -OCH3 is 1. The third-order valence-electron chi connectivity index (χ3n) is 4.06. The highest BCUT2D eigenvalue weighted by Gasteiger charge is 2.07. The summed E-state index contributed by atoms with van der Waals surface area (Å²) in [6.07, 6.45) is 1.55. The number of nitrogens with one attached hydrogen (secondary N) is 2. The number of amides is 1. The van der Waals surface area contributed by atoms with Crippen molar-refractivity contribution in [3.05, 3.63) is 88.6 Å². The molecule has 27 heavy (non-hydrogen) atoms. The fraction of sp³-hybridized carbons (Fsp3) is 0.143. The van der Waals surface area contributed by atoms with Crippen LogP contribution in [0.5, 0.6) is 5.75 Å². The second-order valence-electron chi connectivity index (χ2n) is 5.91. The van der Waals surface area contributed by atoms with E-state index >= 15 is 0 Å². The summed E-state index contributed by atoms with van der Waals surface area (Å²) in [4.78, 5) is 16.6. The van der Waals surface area contributed by atoms with Gasteiger partial charge in [0.1, 0.15) is 11.6 Å². The van der Waals surface area contributed by atoms with Crippen LogP contribution in [-0.2, 0) is 13.1 Å². The van der Waals surface area contributed by atoms with E-state index in [2.05, 4.69) is 15.6 Å². The molecule has 3 rings (SSSR count). The van der Waals surface area contributed by atoms with Gasteiger partial charge in [-0.2, -0.15) is 0 Å². The molecule has 2 aromatic carbocycles. The fourth-order valence-electron chi connectivity index (χ4n) is 2.49. The number of carbonyl (C=O) groups excluding carboxylic acids is 1. The molecule has 0 saturated heterocycles. The van der Waals surface area contributed by atoms with Crippen molar-refractivity contribution in [1.29, 1.82) is 0 Å². The van der Waals surface area contributed by atoms with Crippen LogP contribution in [0, 0.1) is 0 Å². The second-order valence-corrected chi connectivity index (χ2v) is 6.32. The zero-order valence-electron chi connectivity index (χ0n) is 14.9. The Kier molecular flexibility index (Phi) is 6.28. The van der Waals surface area contributed by atoms with E-state index in [-0.39, 0.29) is 5.91 Å². The number of pyridine rings is 1. The molecule has 0 spiro atoms. The molecule has 0 fully saturated rings. The predicted octanol–water partition coefficient (Wildman–Crippen LogP) is 4.29. The normalized spacial score (nSPS) is 10.3. The Hall–Kier alpha value is -3.05. The van der Waals surface area contributed by atoms with Gasteiger partial charge < -0.3 is 15.4 Å². The van der Waals surface area contributed by atoms with E-state index in [1.165, 1.54) is 0 Å². The van der Waals surface area contributed by atoms with Gasteiger partial charge in [-0.1, -0.05) is 41.9 Å². The summed E-state index contributed by atoms with van der Waals surface area (Å²) in [5, 5.41) is 6.79. The van der Waals surface area contributed by atoms with Crippen molar-refractivity contribution in [2.75, 3.05) is 12.4 Å².